The van der Waals surface area contributed by atoms with Gasteiger partial charge in [-0.2, -0.15) is 0 Å². The summed E-state index contributed by atoms with van der Waals surface area (Å²) in [6, 6.07) is 12.0. The van der Waals surface area contributed by atoms with Gasteiger partial charge in [0.15, 0.2) is 0 Å². The van der Waals surface area contributed by atoms with Gasteiger partial charge in [0, 0.05) is 28.4 Å². The van der Waals surface area contributed by atoms with Crippen LogP contribution >= 0.6 is 11.6 Å². The van der Waals surface area contributed by atoms with Gasteiger partial charge in [0.05, 0.1) is 0 Å². The maximum atomic E-state index is 13.7. The van der Waals surface area contributed by atoms with E-state index in [1.807, 2.05) is 37.3 Å². The minimum absolute atomic E-state index is 0.0644. The first-order valence-electron chi connectivity index (χ1n) is 7.70. The minimum Gasteiger partial charge on any atom is -0.281 e. The summed E-state index contributed by atoms with van der Waals surface area (Å²) < 4.78 is 25.2. The van der Waals surface area contributed by atoms with E-state index < -0.39 is 16.0 Å². The fraction of sp³-hybridized carbons (Fsp3) is 0.150. The highest BCUT2D eigenvalue weighted by Crippen LogP contribution is 2.44. The normalized spacial score (nSPS) is 16.2. The quantitative estimate of drug-likeness (QED) is 0.702. The molecule has 0 spiro atoms. The number of rotatable bonds is 4. The summed E-state index contributed by atoms with van der Waals surface area (Å²) in [6.07, 6.45) is 3.69. The van der Waals surface area contributed by atoms with Crippen LogP contribution in [0.25, 0.3) is 17.2 Å². The molecule has 0 heterocycles. The van der Waals surface area contributed by atoms with Crippen LogP contribution in [0.3, 0.4) is 0 Å². The van der Waals surface area contributed by atoms with Crippen LogP contribution in [0.15, 0.2) is 52.9 Å². The summed E-state index contributed by atoms with van der Waals surface area (Å²) in [5.74, 6) is -0.345. The average molecular weight is 375 g/mol. The van der Waals surface area contributed by atoms with Gasteiger partial charge in [0.25, 0.3) is 0 Å². The number of hydrogen-bond donors (Lipinski definition) is 0. The number of hydrogen-bond acceptors (Lipinski definition) is 2. The molecule has 5 heteroatoms. The van der Waals surface area contributed by atoms with Crippen LogP contribution in [-0.4, -0.2) is 15.7 Å². The molecule has 0 aromatic heterocycles. The molecular weight excluding hydrogens is 359 g/mol. The topological polar surface area (TPSA) is 34.1 Å². The molecule has 25 heavy (non-hydrogen) atoms. The van der Waals surface area contributed by atoms with Gasteiger partial charge >= 0.3 is 0 Å². The molecule has 1 unspecified atom stereocenters. The molecule has 0 aliphatic heterocycles. The Hall–Kier alpha value is -2.04. The third-order valence-electron chi connectivity index (χ3n) is 4.29. The molecule has 2 nitrogen and oxygen atoms in total. The molecular formula is C20H16ClFO2S. The van der Waals surface area contributed by atoms with E-state index in [-0.39, 0.29) is 12.2 Å². The second-order valence-electron chi connectivity index (χ2n) is 5.91. The molecule has 3 rings (SSSR count). The van der Waals surface area contributed by atoms with Crippen LogP contribution in [0, 0.1) is 5.82 Å². The predicted octanol–water partition coefficient (Wildman–Crippen LogP) is 5.05. The monoisotopic (exact) mass is 374 g/mol. The summed E-state index contributed by atoms with van der Waals surface area (Å²) in [6.45, 7) is 1.91. The van der Waals surface area contributed by atoms with Crippen molar-refractivity contribution in [1.29, 1.82) is 0 Å². The second-order valence-corrected chi connectivity index (χ2v) is 7.71. The lowest BCUT2D eigenvalue weighted by Crippen LogP contribution is -1.91. The van der Waals surface area contributed by atoms with Crippen LogP contribution in [0.5, 0.6) is 0 Å². The largest absolute Gasteiger partial charge is 0.281 e. The van der Waals surface area contributed by atoms with Crippen LogP contribution in [0.4, 0.5) is 4.39 Å². The van der Waals surface area contributed by atoms with Crippen LogP contribution < -0.4 is 0 Å². The molecule has 0 bridgehead atoms. The number of fused-ring (bicyclic) bond motifs is 1. The van der Waals surface area contributed by atoms with Crippen LogP contribution in [-0.2, 0) is 15.6 Å². The molecule has 1 aliphatic rings. The van der Waals surface area contributed by atoms with Gasteiger partial charge in [-0.05, 0) is 82.3 Å². The highest BCUT2D eigenvalue weighted by Gasteiger charge is 2.25. The Morgan fingerprint density at radius 1 is 1.16 bits per heavy atom. The van der Waals surface area contributed by atoms with Gasteiger partial charge in [-0.1, -0.05) is 18.2 Å². The fourth-order valence-corrected chi connectivity index (χ4v) is 3.70. The maximum absolute atomic E-state index is 13.7. The Labute approximate surface area is 153 Å². The summed E-state index contributed by atoms with van der Waals surface area (Å²) in [5.41, 5.74) is 5.15. The first-order valence-corrected chi connectivity index (χ1v) is 9.64. The van der Waals surface area contributed by atoms with E-state index in [4.69, 9.17) is 11.6 Å². The van der Waals surface area contributed by atoms with E-state index in [1.54, 1.807) is 12.3 Å². The standard InChI is InChI=1S/C20H16ClFO2S/c1-12-17(9-13-3-6-15(7-4-13)25(2)24)16-8-5-14(22)10-19(16)18(12)11-20(21)23/h3-10H,11H2,1-2H3/b17-9-. The number of allylic oxidation sites excluding steroid dienone is 3. The SMILES string of the molecule is CC1=C(CC(=O)Cl)c2cc(F)ccc2/C1=C\c1ccc(S(C)=O)cc1. The van der Waals surface area contributed by atoms with Crippen molar-refractivity contribution in [2.75, 3.05) is 6.26 Å². The van der Waals surface area contributed by atoms with Crippen molar-refractivity contribution < 1.29 is 13.4 Å². The van der Waals surface area contributed by atoms with Gasteiger partial charge in [-0.25, -0.2) is 4.39 Å². The van der Waals surface area contributed by atoms with E-state index in [0.29, 0.717) is 5.56 Å². The van der Waals surface area contributed by atoms with Crippen molar-refractivity contribution in [3.05, 3.63) is 70.5 Å². The number of halogens is 2. The van der Waals surface area contributed by atoms with Crippen molar-refractivity contribution in [3.8, 4) is 0 Å². The Morgan fingerprint density at radius 2 is 1.84 bits per heavy atom. The van der Waals surface area contributed by atoms with E-state index in [2.05, 4.69) is 0 Å². The molecule has 0 radical (unpaired) electrons. The minimum atomic E-state index is -1.02. The lowest BCUT2D eigenvalue weighted by molar-refractivity contribution is -0.110. The zero-order valence-corrected chi connectivity index (χ0v) is 15.4. The van der Waals surface area contributed by atoms with Gasteiger partial charge < -0.3 is 0 Å². The summed E-state index contributed by atoms with van der Waals surface area (Å²) in [7, 11) is -1.02. The Kier molecular flexibility index (Phi) is 5.02. The van der Waals surface area contributed by atoms with Crippen molar-refractivity contribution in [1.82, 2.24) is 0 Å². The molecule has 1 atom stereocenters. The first-order chi connectivity index (χ1) is 11.9. The molecule has 0 fully saturated rings. The molecule has 0 N–H and O–H groups in total. The Bertz CT molecular complexity index is 943. The Morgan fingerprint density at radius 3 is 2.44 bits per heavy atom. The average Bonchev–Trinajstić information content (AvgIpc) is 2.80. The zero-order valence-electron chi connectivity index (χ0n) is 13.8. The van der Waals surface area contributed by atoms with E-state index in [9.17, 15) is 13.4 Å². The molecule has 128 valence electrons. The van der Waals surface area contributed by atoms with E-state index in [0.717, 1.165) is 32.7 Å². The van der Waals surface area contributed by atoms with Crippen LogP contribution in [0.2, 0.25) is 0 Å². The number of carbonyl (C=O) groups is 1. The highest BCUT2D eigenvalue weighted by molar-refractivity contribution is 7.84. The molecule has 2 aromatic carbocycles. The van der Waals surface area contributed by atoms with Gasteiger partial charge in [-0.3, -0.25) is 9.00 Å². The molecule has 0 saturated carbocycles. The molecule has 2 aromatic rings. The summed E-state index contributed by atoms with van der Waals surface area (Å²) in [4.78, 5) is 12.2. The van der Waals surface area contributed by atoms with Gasteiger partial charge in [0.1, 0.15) is 5.82 Å². The maximum Gasteiger partial charge on any atom is 0.226 e. The predicted molar refractivity (Wildman–Crippen MR) is 101 cm³/mol. The Balaban J connectivity index is 2.10. The van der Waals surface area contributed by atoms with Crippen molar-refractivity contribution >= 4 is 44.9 Å². The highest BCUT2D eigenvalue weighted by atomic mass is 35.5. The lowest BCUT2D eigenvalue weighted by Gasteiger charge is -2.05. The third kappa shape index (κ3) is 3.65. The summed E-state index contributed by atoms with van der Waals surface area (Å²) in [5, 5.41) is -0.472. The summed E-state index contributed by atoms with van der Waals surface area (Å²) >= 11 is 5.57. The van der Waals surface area contributed by atoms with Gasteiger partial charge in [-0.15, -0.1) is 0 Å². The van der Waals surface area contributed by atoms with E-state index >= 15 is 0 Å². The van der Waals surface area contributed by atoms with Crippen molar-refractivity contribution in [3.63, 3.8) is 0 Å². The zero-order chi connectivity index (χ0) is 18.1. The third-order valence-corrected chi connectivity index (χ3v) is 5.36. The lowest BCUT2D eigenvalue weighted by atomic mass is 10.0. The van der Waals surface area contributed by atoms with Crippen molar-refractivity contribution in [2.45, 2.75) is 18.2 Å². The number of carbonyl (C=O) groups excluding carboxylic acids is 1. The van der Waals surface area contributed by atoms with Crippen molar-refractivity contribution in [2.24, 2.45) is 0 Å². The van der Waals surface area contributed by atoms with Gasteiger partial charge in [0.2, 0.25) is 5.24 Å². The first kappa shape index (κ1) is 17.8. The number of benzene rings is 2. The fourth-order valence-electron chi connectivity index (χ4n) is 3.04. The smallest absolute Gasteiger partial charge is 0.226 e. The molecule has 0 saturated heterocycles. The molecule has 1 aliphatic carbocycles. The van der Waals surface area contributed by atoms with E-state index in [1.165, 1.54) is 12.1 Å². The molecule has 0 amide bonds. The second kappa shape index (κ2) is 7.06. The van der Waals surface area contributed by atoms with Crippen LogP contribution in [0.1, 0.15) is 30.0 Å².